The third-order valence-electron chi connectivity index (χ3n) is 3.94. The lowest BCUT2D eigenvalue weighted by Gasteiger charge is -2.13. The molecule has 6 nitrogen and oxygen atoms in total. The van der Waals surface area contributed by atoms with Gasteiger partial charge in [0.05, 0.1) is 5.69 Å². The number of benzene rings is 1. The number of carbonyl (C=O) groups is 1. The smallest absolute Gasteiger partial charge is 0.288 e. The molecule has 1 aliphatic heterocycles. The number of nitrogens with zero attached hydrogens (tertiary/aromatic N) is 1. The maximum absolute atomic E-state index is 12.6. The van der Waals surface area contributed by atoms with Crippen LogP contribution >= 0.6 is 11.8 Å². The van der Waals surface area contributed by atoms with Gasteiger partial charge in [-0.15, -0.1) is 0 Å². The molecule has 2 N–H and O–H groups in total. The fourth-order valence-corrected chi connectivity index (χ4v) is 4.43. The van der Waals surface area contributed by atoms with E-state index in [-0.39, 0.29) is 38.8 Å². The van der Waals surface area contributed by atoms with Crippen LogP contribution in [0.5, 0.6) is 0 Å². The van der Waals surface area contributed by atoms with E-state index in [1.807, 2.05) is 0 Å². The largest absolute Gasteiger partial charge is 0.356 e. The quantitative estimate of drug-likeness (QED) is 0.727. The van der Waals surface area contributed by atoms with Gasteiger partial charge in [0.15, 0.2) is 0 Å². The first-order valence-electron chi connectivity index (χ1n) is 7.91. The number of carbonyl (C=O) groups excluding carboxylic acids is 1. The number of aromatic amines is 1. The van der Waals surface area contributed by atoms with Gasteiger partial charge in [0, 0.05) is 24.2 Å². The lowest BCUT2D eigenvalue weighted by Crippen LogP contribution is -2.27. The van der Waals surface area contributed by atoms with Crippen LogP contribution in [0.1, 0.15) is 23.3 Å². The number of nitrogens with one attached hydrogen (secondary N) is 2. The number of H-pyrrole nitrogens is 1. The Balaban J connectivity index is 1.80. The van der Waals surface area contributed by atoms with Gasteiger partial charge < -0.3 is 9.88 Å². The Hall–Kier alpha value is -2.07. The lowest BCUT2D eigenvalue weighted by molar-refractivity contribution is 0.0787. The second-order valence-electron chi connectivity index (χ2n) is 5.73. The maximum Gasteiger partial charge on any atom is 0.288 e. The highest BCUT2D eigenvalue weighted by atomic mass is 32.2. The predicted molar refractivity (Wildman–Crippen MR) is 95.0 cm³/mol. The number of thioether (sulfide) groups is 1. The minimum atomic E-state index is -4.02. The maximum atomic E-state index is 12.6. The van der Waals surface area contributed by atoms with Crippen LogP contribution in [0.25, 0.3) is 0 Å². The molecule has 1 aromatic heterocycles. The van der Waals surface area contributed by atoms with Crippen molar-refractivity contribution >= 4 is 33.4 Å². The molecule has 1 amide bonds. The van der Waals surface area contributed by atoms with Crippen LogP contribution in [0.15, 0.2) is 46.3 Å². The zero-order chi connectivity index (χ0) is 18.7. The molecule has 140 valence electrons. The van der Waals surface area contributed by atoms with E-state index in [0.717, 1.165) is 12.8 Å². The summed E-state index contributed by atoms with van der Waals surface area (Å²) < 4.78 is 52.7. The molecule has 1 saturated heterocycles. The van der Waals surface area contributed by atoms with E-state index in [0.29, 0.717) is 13.1 Å². The van der Waals surface area contributed by atoms with Crippen molar-refractivity contribution in [2.24, 2.45) is 0 Å². The molecule has 0 spiro atoms. The second kappa shape index (κ2) is 7.67. The summed E-state index contributed by atoms with van der Waals surface area (Å²) in [6, 6.07) is 7.17. The Labute approximate surface area is 154 Å². The van der Waals surface area contributed by atoms with Crippen LogP contribution in [0.4, 0.5) is 14.5 Å². The van der Waals surface area contributed by atoms with Crippen molar-refractivity contribution in [1.29, 1.82) is 0 Å². The van der Waals surface area contributed by atoms with Crippen molar-refractivity contribution in [3.05, 3.63) is 42.2 Å². The van der Waals surface area contributed by atoms with Crippen molar-refractivity contribution < 1.29 is 22.0 Å². The molecule has 2 heterocycles. The third-order valence-corrected chi connectivity index (χ3v) is 6.07. The molecule has 1 fully saturated rings. The number of rotatable bonds is 6. The number of para-hydroxylation sites is 1. The van der Waals surface area contributed by atoms with E-state index >= 15 is 0 Å². The van der Waals surface area contributed by atoms with Gasteiger partial charge in [-0.05, 0) is 31.0 Å². The highest BCUT2D eigenvalue weighted by Gasteiger charge is 2.24. The van der Waals surface area contributed by atoms with Gasteiger partial charge in [-0.25, -0.2) is 8.42 Å². The first-order chi connectivity index (χ1) is 12.4. The molecule has 0 bridgehead atoms. The normalized spacial score (nSPS) is 14.8. The molecular weight excluding hydrogens is 384 g/mol. The number of alkyl halides is 2. The Morgan fingerprint density at radius 1 is 1.23 bits per heavy atom. The lowest BCUT2D eigenvalue weighted by atomic mass is 10.3. The van der Waals surface area contributed by atoms with Crippen molar-refractivity contribution in [2.75, 3.05) is 17.8 Å². The van der Waals surface area contributed by atoms with E-state index in [9.17, 15) is 22.0 Å². The van der Waals surface area contributed by atoms with Crippen molar-refractivity contribution in [3.63, 3.8) is 0 Å². The third kappa shape index (κ3) is 4.18. The van der Waals surface area contributed by atoms with Gasteiger partial charge in [0.2, 0.25) is 0 Å². The summed E-state index contributed by atoms with van der Waals surface area (Å²) in [6.45, 7) is 1.30. The molecule has 1 aliphatic rings. The van der Waals surface area contributed by atoms with Gasteiger partial charge in [0.1, 0.15) is 10.6 Å². The van der Waals surface area contributed by atoms with Crippen LogP contribution in [0.2, 0.25) is 0 Å². The monoisotopic (exact) mass is 401 g/mol. The second-order valence-corrected chi connectivity index (χ2v) is 8.44. The fourth-order valence-electron chi connectivity index (χ4n) is 2.70. The Morgan fingerprint density at radius 3 is 2.62 bits per heavy atom. The topological polar surface area (TPSA) is 82.3 Å². The Kier molecular flexibility index (Phi) is 5.52. The number of amides is 1. The Bertz CT molecular complexity index is 894. The molecule has 0 saturated carbocycles. The molecule has 2 aromatic rings. The number of hydrogen-bond donors (Lipinski definition) is 2. The molecule has 3 rings (SSSR count). The summed E-state index contributed by atoms with van der Waals surface area (Å²) in [5, 5.41) is 0. The average molecular weight is 401 g/mol. The minimum Gasteiger partial charge on any atom is -0.356 e. The number of aromatic nitrogens is 1. The predicted octanol–water partition coefficient (Wildman–Crippen LogP) is 3.37. The van der Waals surface area contributed by atoms with Gasteiger partial charge >= 0.3 is 0 Å². The van der Waals surface area contributed by atoms with Crippen LogP contribution < -0.4 is 4.72 Å². The number of hydrogen-bond acceptors (Lipinski definition) is 4. The number of sulfonamides is 1. The van der Waals surface area contributed by atoms with Crippen LogP contribution in [0, 0.1) is 0 Å². The van der Waals surface area contributed by atoms with Gasteiger partial charge in [-0.1, -0.05) is 23.9 Å². The zero-order valence-electron chi connectivity index (χ0n) is 13.6. The molecular formula is C16H17F2N3O3S2. The number of likely N-dealkylation sites (tertiary alicyclic amines) is 1. The highest BCUT2D eigenvalue weighted by Crippen LogP contribution is 2.33. The summed E-state index contributed by atoms with van der Waals surface area (Å²) in [6.07, 6.45) is 3.07. The van der Waals surface area contributed by atoms with E-state index in [1.54, 1.807) is 17.0 Å². The summed E-state index contributed by atoms with van der Waals surface area (Å²) >= 11 is 0.259. The number of anilines is 1. The van der Waals surface area contributed by atoms with Gasteiger partial charge in [-0.2, -0.15) is 8.78 Å². The van der Waals surface area contributed by atoms with Crippen molar-refractivity contribution in [3.8, 4) is 0 Å². The fraction of sp³-hybridized carbons (Fsp3) is 0.312. The molecule has 0 radical (unpaired) electrons. The summed E-state index contributed by atoms with van der Waals surface area (Å²) in [4.78, 5) is 16.6. The van der Waals surface area contributed by atoms with Crippen LogP contribution in [-0.4, -0.2) is 43.1 Å². The Morgan fingerprint density at radius 2 is 1.92 bits per heavy atom. The molecule has 0 unspecified atom stereocenters. The number of halogens is 2. The van der Waals surface area contributed by atoms with Crippen molar-refractivity contribution in [1.82, 2.24) is 9.88 Å². The summed E-state index contributed by atoms with van der Waals surface area (Å²) in [7, 11) is -4.02. The van der Waals surface area contributed by atoms with E-state index in [1.165, 1.54) is 24.4 Å². The average Bonchev–Trinajstić information content (AvgIpc) is 3.27. The highest BCUT2D eigenvalue weighted by molar-refractivity contribution is 7.99. The molecule has 0 aliphatic carbocycles. The zero-order valence-corrected chi connectivity index (χ0v) is 15.2. The molecule has 26 heavy (non-hydrogen) atoms. The first-order valence-corrected chi connectivity index (χ1v) is 10.3. The van der Waals surface area contributed by atoms with Crippen LogP contribution in [0.3, 0.4) is 0 Å². The van der Waals surface area contributed by atoms with E-state index in [4.69, 9.17) is 0 Å². The van der Waals surface area contributed by atoms with E-state index < -0.39 is 15.8 Å². The first kappa shape index (κ1) is 18.7. The van der Waals surface area contributed by atoms with Gasteiger partial charge in [0.25, 0.3) is 21.7 Å². The molecule has 1 aromatic carbocycles. The summed E-state index contributed by atoms with van der Waals surface area (Å²) in [5.74, 6) is -2.92. The van der Waals surface area contributed by atoms with Crippen molar-refractivity contribution in [2.45, 2.75) is 28.4 Å². The standard InChI is InChI=1S/C16H17F2N3O3S2/c17-16(18)25-14-6-2-1-5-12(14)20-26(23,24)11-9-13(19-10-11)15(22)21-7-3-4-8-21/h1-2,5-6,9-10,16,19-20H,3-4,7-8H2. The van der Waals surface area contributed by atoms with Crippen LogP contribution in [-0.2, 0) is 10.0 Å². The SMILES string of the molecule is O=C(c1cc(S(=O)(=O)Nc2ccccc2SC(F)F)c[nH]1)N1CCCC1. The minimum absolute atomic E-state index is 0.0615. The molecule has 0 atom stereocenters. The molecule has 10 heteroatoms. The van der Waals surface area contributed by atoms with Gasteiger partial charge in [-0.3, -0.25) is 9.52 Å². The summed E-state index contributed by atoms with van der Waals surface area (Å²) in [5.41, 5.74) is 0.244. The van der Waals surface area contributed by atoms with E-state index in [2.05, 4.69) is 9.71 Å².